The first kappa shape index (κ1) is 16.3. The van der Waals surface area contributed by atoms with Crippen molar-refractivity contribution in [1.29, 1.82) is 0 Å². The topological polar surface area (TPSA) is 41.6 Å². The maximum absolute atomic E-state index is 12.0. The van der Waals surface area contributed by atoms with Crippen molar-refractivity contribution >= 4 is 17.4 Å². The van der Waals surface area contributed by atoms with Crippen molar-refractivity contribution in [3.05, 3.63) is 22.4 Å². The van der Waals surface area contributed by atoms with Crippen LogP contribution in [0.4, 0.5) is 4.79 Å². The maximum atomic E-state index is 12.0. The summed E-state index contributed by atoms with van der Waals surface area (Å²) in [5.74, 6) is 0. The minimum absolute atomic E-state index is 0.188. The van der Waals surface area contributed by atoms with Crippen LogP contribution in [0.3, 0.4) is 0 Å². The highest BCUT2D eigenvalue weighted by Gasteiger charge is 2.27. The fourth-order valence-electron chi connectivity index (χ4n) is 2.53. The molecule has 0 saturated carbocycles. The maximum Gasteiger partial charge on any atom is 0.410 e. The van der Waals surface area contributed by atoms with Gasteiger partial charge in [-0.2, -0.15) is 0 Å². The van der Waals surface area contributed by atoms with E-state index in [1.807, 2.05) is 25.7 Å². The van der Waals surface area contributed by atoms with E-state index in [1.54, 1.807) is 11.3 Å². The van der Waals surface area contributed by atoms with Gasteiger partial charge < -0.3 is 15.0 Å². The summed E-state index contributed by atoms with van der Waals surface area (Å²) in [6.07, 6.45) is 1.77. The molecular formula is C16H26N2O2S. The molecule has 0 bridgehead atoms. The molecule has 1 fully saturated rings. The standard InChI is InChI=1S/C16H26N2O2S/c1-12(14-6-5-11-21-14)17-13-7-9-18(10-8-13)15(19)20-16(2,3)4/h5-6,11-13,17H,7-10H2,1-4H3/t12-/m1/s1. The Morgan fingerprint density at radius 3 is 2.62 bits per heavy atom. The average Bonchev–Trinajstić information content (AvgIpc) is 2.91. The monoisotopic (exact) mass is 310 g/mol. The van der Waals surface area contributed by atoms with E-state index >= 15 is 0 Å². The van der Waals surface area contributed by atoms with Crippen molar-refractivity contribution in [3.8, 4) is 0 Å². The van der Waals surface area contributed by atoms with Crippen LogP contribution in [0.5, 0.6) is 0 Å². The number of carbonyl (C=O) groups is 1. The summed E-state index contributed by atoms with van der Waals surface area (Å²) < 4.78 is 5.42. The molecule has 1 aliphatic rings. The van der Waals surface area contributed by atoms with E-state index < -0.39 is 5.60 Å². The number of rotatable bonds is 3. The van der Waals surface area contributed by atoms with Crippen LogP contribution in [0.1, 0.15) is 51.5 Å². The third-order valence-electron chi connectivity index (χ3n) is 3.60. The van der Waals surface area contributed by atoms with Crippen LogP contribution in [-0.4, -0.2) is 35.7 Å². The number of nitrogens with zero attached hydrogens (tertiary/aromatic N) is 1. The second kappa shape index (κ2) is 6.79. The van der Waals surface area contributed by atoms with Gasteiger partial charge in [-0.05, 0) is 52.0 Å². The minimum Gasteiger partial charge on any atom is -0.444 e. The molecule has 2 rings (SSSR count). The van der Waals surface area contributed by atoms with Gasteiger partial charge in [-0.15, -0.1) is 11.3 Å². The van der Waals surface area contributed by atoms with Crippen LogP contribution in [0, 0.1) is 0 Å². The molecule has 0 radical (unpaired) electrons. The molecule has 1 N–H and O–H groups in total. The summed E-state index contributed by atoms with van der Waals surface area (Å²) >= 11 is 1.78. The summed E-state index contributed by atoms with van der Waals surface area (Å²) in [7, 11) is 0. The van der Waals surface area contributed by atoms with Crippen molar-refractivity contribution in [1.82, 2.24) is 10.2 Å². The quantitative estimate of drug-likeness (QED) is 0.923. The van der Waals surface area contributed by atoms with E-state index in [9.17, 15) is 4.79 Å². The van der Waals surface area contributed by atoms with E-state index in [1.165, 1.54) is 4.88 Å². The zero-order chi connectivity index (χ0) is 15.5. The molecule has 1 aliphatic heterocycles. The number of thiophene rings is 1. The van der Waals surface area contributed by atoms with E-state index in [2.05, 4.69) is 29.8 Å². The molecule has 5 heteroatoms. The number of amides is 1. The molecule has 21 heavy (non-hydrogen) atoms. The Hall–Kier alpha value is -1.07. The number of hydrogen-bond donors (Lipinski definition) is 1. The lowest BCUT2D eigenvalue weighted by Crippen LogP contribution is -2.46. The third kappa shape index (κ3) is 5.00. The lowest BCUT2D eigenvalue weighted by Gasteiger charge is -2.34. The largest absolute Gasteiger partial charge is 0.444 e. The van der Waals surface area contributed by atoms with Gasteiger partial charge in [0.15, 0.2) is 0 Å². The van der Waals surface area contributed by atoms with Gasteiger partial charge in [0.1, 0.15) is 5.60 Å². The minimum atomic E-state index is -0.417. The summed E-state index contributed by atoms with van der Waals surface area (Å²) in [4.78, 5) is 15.2. The van der Waals surface area contributed by atoms with Gasteiger partial charge in [-0.25, -0.2) is 4.79 Å². The summed E-state index contributed by atoms with van der Waals surface area (Å²) in [5.41, 5.74) is -0.417. The second-order valence-corrected chi connectivity index (χ2v) is 7.62. The molecule has 0 aromatic carbocycles. The molecule has 1 aromatic heterocycles. The zero-order valence-corrected chi connectivity index (χ0v) is 14.2. The fourth-order valence-corrected chi connectivity index (χ4v) is 3.27. The predicted octanol–water partition coefficient (Wildman–Crippen LogP) is 3.80. The first-order valence-electron chi connectivity index (χ1n) is 7.62. The highest BCUT2D eigenvalue weighted by Crippen LogP contribution is 2.22. The molecule has 1 amide bonds. The lowest BCUT2D eigenvalue weighted by molar-refractivity contribution is 0.0196. The van der Waals surface area contributed by atoms with Gasteiger partial charge in [-0.3, -0.25) is 0 Å². The first-order valence-corrected chi connectivity index (χ1v) is 8.50. The van der Waals surface area contributed by atoms with Crippen molar-refractivity contribution in [2.45, 2.75) is 58.2 Å². The number of likely N-dealkylation sites (tertiary alicyclic amines) is 1. The smallest absolute Gasteiger partial charge is 0.410 e. The van der Waals surface area contributed by atoms with E-state index in [0.29, 0.717) is 12.1 Å². The fraction of sp³-hybridized carbons (Fsp3) is 0.688. The Morgan fingerprint density at radius 2 is 2.10 bits per heavy atom. The van der Waals surface area contributed by atoms with Gasteiger partial charge >= 0.3 is 6.09 Å². The highest BCUT2D eigenvalue weighted by molar-refractivity contribution is 7.10. The van der Waals surface area contributed by atoms with Crippen molar-refractivity contribution < 1.29 is 9.53 Å². The summed E-state index contributed by atoms with van der Waals surface area (Å²) in [6.45, 7) is 9.45. The Labute approximate surface area is 131 Å². The Balaban J connectivity index is 1.77. The molecule has 2 heterocycles. The summed E-state index contributed by atoms with van der Waals surface area (Å²) in [6, 6.07) is 5.10. The number of carbonyl (C=O) groups excluding carboxylic acids is 1. The Morgan fingerprint density at radius 1 is 1.43 bits per heavy atom. The lowest BCUT2D eigenvalue weighted by atomic mass is 10.0. The number of piperidine rings is 1. The number of hydrogen-bond acceptors (Lipinski definition) is 4. The molecule has 0 aliphatic carbocycles. The van der Waals surface area contributed by atoms with E-state index in [0.717, 1.165) is 25.9 Å². The van der Waals surface area contributed by atoms with Gasteiger partial charge in [-0.1, -0.05) is 6.07 Å². The van der Waals surface area contributed by atoms with Crippen LogP contribution in [0.25, 0.3) is 0 Å². The SMILES string of the molecule is C[C@@H](NC1CCN(C(=O)OC(C)(C)C)CC1)c1cccs1. The van der Waals surface area contributed by atoms with Gasteiger partial charge in [0.25, 0.3) is 0 Å². The van der Waals surface area contributed by atoms with Crippen LogP contribution < -0.4 is 5.32 Å². The van der Waals surface area contributed by atoms with Crippen molar-refractivity contribution in [2.24, 2.45) is 0 Å². The van der Waals surface area contributed by atoms with Crippen molar-refractivity contribution in [2.75, 3.05) is 13.1 Å². The molecule has 4 nitrogen and oxygen atoms in total. The van der Waals surface area contributed by atoms with Crippen LogP contribution >= 0.6 is 11.3 Å². The zero-order valence-electron chi connectivity index (χ0n) is 13.4. The third-order valence-corrected chi connectivity index (χ3v) is 4.66. The second-order valence-electron chi connectivity index (χ2n) is 6.65. The molecule has 0 unspecified atom stereocenters. The number of ether oxygens (including phenoxy) is 1. The molecule has 1 aromatic rings. The van der Waals surface area contributed by atoms with Gasteiger partial charge in [0, 0.05) is 30.1 Å². The molecule has 0 spiro atoms. The van der Waals surface area contributed by atoms with Crippen LogP contribution in [0.2, 0.25) is 0 Å². The van der Waals surface area contributed by atoms with E-state index in [4.69, 9.17) is 4.74 Å². The molecular weight excluding hydrogens is 284 g/mol. The molecule has 1 saturated heterocycles. The van der Waals surface area contributed by atoms with Gasteiger partial charge in [0.2, 0.25) is 0 Å². The first-order chi connectivity index (χ1) is 9.85. The normalized spacial score (nSPS) is 18.6. The number of nitrogens with one attached hydrogen (secondary N) is 1. The van der Waals surface area contributed by atoms with Crippen molar-refractivity contribution in [3.63, 3.8) is 0 Å². The molecule has 1 atom stereocenters. The van der Waals surface area contributed by atoms with E-state index in [-0.39, 0.29) is 6.09 Å². The highest BCUT2D eigenvalue weighted by atomic mass is 32.1. The Bertz CT molecular complexity index is 445. The van der Waals surface area contributed by atoms with Crippen LogP contribution in [0.15, 0.2) is 17.5 Å². The average molecular weight is 310 g/mol. The van der Waals surface area contributed by atoms with Crippen LogP contribution in [-0.2, 0) is 4.74 Å². The van der Waals surface area contributed by atoms with Gasteiger partial charge in [0.05, 0.1) is 0 Å². The predicted molar refractivity (Wildman–Crippen MR) is 86.7 cm³/mol. The summed E-state index contributed by atoms with van der Waals surface area (Å²) in [5, 5.41) is 5.77. The Kier molecular flexibility index (Phi) is 5.27. The molecule has 118 valence electrons.